The third kappa shape index (κ3) is 4.26. The Morgan fingerprint density at radius 2 is 2.28 bits per heavy atom. The number of ether oxygens (including phenoxy) is 1. The molecule has 1 amide bonds. The van der Waals surface area contributed by atoms with Gasteiger partial charge < -0.3 is 10.1 Å². The van der Waals surface area contributed by atoms with E-state index in [9.17, 15) is 4.79 Å². The second kappa shape index (κ2) is 6.55. The monoisotopic (exact) mass is 331 g/mol. The highest BCUT2D eigenvalue weighted by molar-refractivity contribution is 9.10. The molecule has 0 saturated heterocycles. The normalized spacial score (nSPS) is 14.6. The molecular weight excluding hydrogens is 318 g/mol. The van der Waals surface area contributed by atoms with Crippen LogP contribution in [0.4, 0.5) is 0 Å². The third-order valence-electron chi connectivity index (χ3n) is 2.76. The first-order valence-electron chi connectivity index (χ1n) is 5.98. The molecule has 0 aromatic heterocycles. The fourth-order valence-electron chi connectivity index (χ4n) is 1.51. The first kappa shape index (κ1) is 13.8. The van der Waals surface area contributed by atoms with Crippen molar-refractivity contribution >= 4 is 33.4 Å². The third-order valence-corrected chi connectivity index (χ3v) is 3.98. The lowest BCUT2D eigenvalue weighted by Gasteiger charge is -2.07. The lowest BCUT2D eigenvalue weighted by Crippen LogP contribution is -2.27. The summed E-state index contributed by atoms with van der Waals surface area (Å²) < 4.78 is 6.17. The molecule has 1 N–H and O–H groups in total. The van der Waals surface area contributed by atoms with E-state index in [1.807, 2.05) is 0 Å². The highest BCUT2D eigenvalue weighted by Crippen LogP contribution is 2.28. The highest BCUT2D eigenvalue weighted by atomic mass is 79.9. The van der Waals surface area contributed by atoms with E-state index in [1.54, 1.807) is 18.2 Å². The summed E-state index contributed by atoms with van der Waals surface area (Å²) in [6.07, 6.45) is 2.57. The number of benzene rings is 1. The molecule has 0 bridgehead atoms. The minimum Gasteiger partial charge on any atom is -0.379 e. The molecule has 1 fully saturated rings. The maximum Gasteiger partial charge on any atom is 0.251 e. The van der Waals surface area contributed by atoms with E-state index >= 15 is 0 Å². The zero-order chi connectivity index (χ0) is 13.0. The van der Waals surface area contributed by atoms with Crippen LogP contribution in [-0.2, 0) is 4.74 Å². The lowest BCUT2D eigenvalue weighted by atomic mass is 10.2. The molecule has 5 heteroatoms. The molecule has 0 spiro atoms. The average molecular weight is 333 g/mol. The van der Waals surface area contributed by atoms with Gasteiger partial charge in [0, 0.05) is 23.2 Å². The Kier molecular flexibility index (Phi) is 5.03. The predicted octanol–water partition coefficient (Wildman–Crippen LogP) is 3.26. The number of nitrogens with one attached hydrogen (secondary N) is 1. The molecule has 98 valence electrons. The minimum atomic E-state index is -0.109. The maximum absolute atomic E-state index is 11.8. The van der Waals surface area contributed by atoms with Crippen molar-refractivity contribution in [2.75, 3.05) is 19.8 Å². The molecule has 0 aliphatic heterocycles. The van der Waals surface area contributed by atoms with Gasteiger partial charge in [-0.15, -0.1) is 0 Å². The van der Waals surface area contributed by atoms with Gasteiger partial charge >= 0.3 is 0 Å². The van der Waals surface area contributed by atoms with Crippen LogP contribution in [0.1, 0.15) is 23.2 Å². The van der Waals surface area contributed by atoms with Crippen LogP contribution in [0.2, 0.25) is 5.02 Å². The van der Waals surface area contributed by atoms with E-state index < -0.39 is 0 Å². The number of amides is 1. The lowest BCUT2D eigenvalue weighted by molar-refractivity contribution is 0.0906. The van der Waals surface area contributed by atoms with Crippen LogP contribution in [-0.4, -0.2) is 25.7 Å². The summed E-state index contributed by atoms with van der Waals surface area (Å²) in [6, 6.07) is 5.11. The summed E-state index contributed by atoms with van der Waals surface area (Å²) in [7, 11) is 0. The average Bonchev–Trinajstić information content (AvgIpc) is 3.16. The minimum absolute atomic E-state index is 0.109. The van der Waals surface area contributed by atoms with Crippen LogP contribution in [0.3, 0.4) is 0 Å². The standard InChI is InChI=1S/C13H15BrClNO2/c14-11-7-10(3-4-12(11)15)13(17)16-5-6-18-8-9-1-2-9/h3-4,7,9H,1-2,5-6,8H2,(H,16,17). The van der Waals surface area contributed by atoms with E-state index in [1.165, 1.54) is 12.8 Å². The molecule has 3 nitrogen and oxygen atoms in total. The molecule has 18 heavy (non-hydrogen) atoms. The van der Waals surface area contributed by atoms with Crippen molar-refractivity contribution in [2.24, 2.45) is 5.92 Å². The summed E-state index contributed by atoms with van der Waals surface area (Å²) in [5.74, 6) is 0.648. The Hall–Kier alpha value is -0.580. The van der Waals surface area contributed by atoms with E-state index in [4.69, 9.17) is 16.3 Å². The summed E-state index contributed by atoms with van der Waals surface area (Å²) in [6.45, 7) is 1.92. The highest BCUT2D eigenvalue weighted by Gasteiger charge is 2.20. The van der Waals surface area contributed by atoms with Crippen molar-refractivity contribution in [2.45, 2.75) is 12.8 Å². The van der Waals surface area contributed by atoms with Gasteiger partial charge in [0.05, 0.1) is 11.6 Å². The molecular formula is C13H15BrClNO2. The van der Waals surface area contributed by atoms with Crippen molar-refractivity contribution in [1.82, 2.24) is 5.32 Å². The molecule has 1 aromatic rings. The smallest absolute Gasteiger partial charge is 0.251 e. The SMILES string of the molecule is O=C(NCCOCC1CC1)c1ccc(Cl)c(Br)c1. The molecule has 2 rings (SSSR count). The number of hydrogen-bond donors (Lipinski definition) is 1. The Bertz CT molecular complexity index is 435. The molecule has 1 aliphatic rings. The summed E-state index contributed by atoms with van der Waals surface area (Å²) in [5.41, 5.74) is 0.591. The molecule has 0 radical (unpaired) electrons. The van der Waals surface area contributed by atoms with Crippen molar-refractivity contribution in [1.29, 1.82) is 0 Å². The molecule has 0 atom stereocenters. The van der Waals surface area contributed by atoms with Crippen LogP contribution in [0, 0.1) is 5.92 Å². The van der Waals surface area contributed by atoms with Gasteiger partial charge in [0.1, 0.15) is 0 Å². The summed E-state index contributed by atoms with van der Waals surface area (Å²) >= 11 is 9.16. The van der Waals surface area contributed by atoms with Crippen molar-refractivity contribution in [3.8, 4) is 0 Å². The second-order valence-corrected chi connectivity index (χ2v) is 5.66. The van der Waals surface area contributed by atoms with Gasteiger partial charge in [-0.05, 0) is 52.9 Å². The molecule has 0 heterocycles. The number of carbonyl (C=O) groups is 1. The van der Waals surface area contributed by atoms with Gasteiger partial charge in [0.15, 0.2) is 0 Å². The van der Waals surface area contributed by atoms with Crippen LogP contribution >= 0.6 is 27.5 Å². The van der Waals surface area contributed by atoms with Gasteiger partial charge in [0.25, 0.3) is 5.91 Å². The Labute approximate surface area is 120 Å². The van der Waals surface area contributed by atoms with Gasteiger partial charge in [0.2, 0.25) is 0 Å². The topological polar surface area (TPSA) is 38.3 Å². The first-order chi connectivity index (χ1) is 8.66. The van der Waals surface area contributed by atoms with Gasteiger partial charge in [-0.1, -0.05) is 11.6 Å². The zero-order valence-electron chi connectivity index (χ0n) is 9.92. The zero-order valence-corrected chi connectivity index (χ0v) is 12.3. The van der Waals surface area contributed by atoms with Gasteiger partial charge in [-0.3, -0.25) is 4.79 Å². The Morgan fingerprint density at radius 3 is 2.94 bits per heavy atom. The Morgan fingerprint density at radius 1 is 1.50 bits per heavy atom. The van der Waals surface area contributed by atoms with Crippen LogP contribution in [0.15, 0.2) is 22.7 Å². The largest absolute Gasteiger partial charge is 0.379 e. The van der Waals surface area contributed by atoms with Gasteiger partial charge in [-0.25, -0.2) is 0 Å². The first-order valence-corrected chi connectivity index (χ1v) is 7.15. The summed E-state index contributed by atoms with van der Waals surface area (Å²) in [5, 5.41) is 3.41. The summed E-state index contributed by atoms with van der Waals surface area (Å²) in [4.78, 5) is 11.8. The van der Waals surface area contributed by atoms with E-state index in [2.05, 4.69) is 21.2 Å². The van der Waals surface area contributed by atoms with Crippen LogP contribution < -0.4 is 5.32 Å². The number of hydrogen-bond acceptors (Lipinski definition) is 2. The number of rotatable bonds is 6. The molecule has 1 aromatic carbocycles. The maximum atomic E-state index is 11.8. The van der Waals surface area contributed by atoms with E-state index in [0.29, 0.717) is 23.7 Å². The predicted molar refractivity (Wildman–Crippen MR) is 75.0 cm³/mol. The number of carbonyl (C=O) groups excluding carboxylic acids is 1. The van der Waals surface area contributed by atoms with E-state index in [-0.39, 0.29) is 5.91 Å². The Balaban J connectivity index is 1.70. The molecule has 0 unspecified atom stereocenters. The quantitative estimate of drug-likeness (QED) is 0.812. The van der Waals surface area contributed by atoms with Crippen molar-refractivity contribution in [3.63, 3.8) is 0 Å². The van der Waals surface area contributed by atoms with Gasteiger partial charge in [-0.2, -0.15) is 0 Å². The van der Waals surface area contributed by atoms with Crippen molar-refractivity contribution < 1.29 is 9.53 Å². The number of halogens is 2. The fourth-order valence-corrected chi connectivity index (χ4v) is 2.01. The molecule has 1 saturated carbocycles. The van der Waals surface area contributed by atoms with Crippen LogP contribution in [0.25, 0.3) is 0 Å². The van der Waals surface area contributed by atoms with Crippen LogP contribution in [0.5, 0.6) is 0 Å². The second-order valence-electron chi connectivity index (χ2n) is 4.40. The molecule has 1 aliphatic carbocycles. The van der Waals surface area contributed by atoms with Crippen molar-refractivity contribution in [3.05, 3.63) is 33.3 Å². The van der Waals surface area contributed by atoms with E-state index in [0.717, 1.165) is 17.0 Å². The fraction of sp³-hybridized carbons (Fsp3) is 0.462.